The zero-order valence-electron chi connectivity index (χ0n) is 10.9. The zero-order chi connectivity index (χ0) is 14.4. The van der Waals surface area contributed by atoms with Crippen molar-refractivity contribution in [1.82, 2.24) is 10.2 Å². The Balaban J connectivity index is 2.50. The Bertz CT molecular complexity index is 465. The molecule has 1 aromatic carbocycles. The van der Waals surface area contributed by atoms with Crippen LogP contribution in [0.4, 0.5) is 4.39 Å². The molecule has 0 aliphatic heterocycles. The van der Waals surface area contributed by atoms with Gasteiger partial charge in [0.25, 0.3) is 0 Å². The number of halogens is 1. The van der Waals surface area contributed by atoms with E-state index in [1.165, 1.54) is 17.9 Å². The Hall–Kier alpha value is -1.95. The minimum absolute atomic E-state index is 0.0988. The van der Waals surface area contributed by atoms with Gasteiger partial charge in [-0.05, 0) is 13.0 Å². The number of rotatable bonds is 6. The fraction of sp³-hybridized carbons (Fsp3) is 0.385. The van der Waals surface area contributed by atoms with Gasteiger partial charge in [0, 0.05) is 19.2 Å². The SMILES string of the molecule is C[C@H](NCC(=O)N(C)Cc1ccccc1F)C(=O)O. The van der Waals surface area contributed by atoms with Crippen LogP contribution < -0.4 is 5.32 Å². The Morgan fingerprint density at radius 3 is 2.63 bits per heavy atom. The number of benzene rings is 1. The van der Waals surface area contributed by atoms with E-state index >= 15 is 0 Å². The summed E-state index contributed by atoms with van der Waals surface area (Å²) in [5.74, 6) is -1.69. The molecule has 0 aliphatic rings. The predicted octanol–water partition coefficient (Wildman–Crippen LogP) is 0.847. The van der Waals surface area contributed by atoms with Crippen molar-refractivity contribution in [3.63, 3.8) is 0 Å². The lowest BCUT2D eigenvalue weighted by Gasteiger charge is -2.18. The molecule has 0 heterocycles. The molecule has 1 aromatic rings. The number of amides is 1. The number of carbonyl (C=O) groups excluding carboxylic acids is 1. The van der Waals surface area contributed by atoms with Crippen LogP contribution in [0.1, 0.15) is 12.5 Å². The molecule has 6 heteroatoms. The van der Waals surface area contributed by atoms with E-state index in [0.717, 1.165) is 0 Å². The highest BCUT2D eigenvalue weighted by molar-refractivity contribution is 5.79. The molecule has 0 bridgehead atoms. The molecule has 1 amide bonds. The summed E-state index contributed by atoms with van der Waals surface area (Å²) in [5, 5.41) is 11.2. The summed E-state index contributed by atoms with van der Waals surface area (Å²) in [6.45, 7) is 1.50. The maximum Gasteiger partial charge on any atom is 0.320 e. The topological polar surface area (TPSA) is 69.6 Å². The van der Waals surface area contributed by atoms with Gasteiger partial charge >= 0.3 is 5.97 Å². The lowest BCUT2D eigenvalue weighted by atomic mass is 10.2. The molecule has 19 heavy (non-hydrogen) atoms. The van der Waals surface area contributed by atoms with E-state index in [-0.39, 0.29) is 24.8 Å². The molecule has 0 radical (unpaired) electrons. The first-order chi connectivity index (χ1) is 8.91. The summed E-state index contributed by atoms with van der Waals surface area (Å²) < 4.78 is 13.4. The van der Waals surface area contributed by atoms with E-state index in [0.29, 0.717) is 5.56 Å². The second-order valence-corrected chi connectivity index (χ2v) is 4.28. The number of carbonyl (C=O) groups is 2. The van der Waals surface area contributed by atoms with Gasteiger partial charge in [0.05, 0.1) is 6.54 Å². The molecule has 0 spiro atoms. The molecule has 0 saturated carbocycles. The van der Waals surface area contributed by atoms with E-state index in [1.807, 2.05) is 0 Å². The van der Waals surface area contributed by atoms with Gasteiger partial charge in [0.1, 0.15) is 11.9 Å². The first-order valence-corrected chi connectivity index (χ1v) is 5.85. The van der Waals surface area contributed by atoms with Gasteiger partial charge in [-0.1, -0.05) is 18.2 Å². The van der Waals surface area contributed by atoms with Gasteiger partial charge in [0.15, 0.2) is 0 Å². The van der Waals surface area contributed by atoms with Gasteiger partial charge in [-0.15, -0.1) is 0 Å². The molecule has 1 atom stereocenters. The molecular weight excluding hydrogens is 251 g/mol. The van der Waals surface area contributed by atoms with Crippen molar-refractivity contribution >= 4 is 11.9 Å². The van der Waals surface area contributed by atoms with E-state index in [9.17, 15) is 14.0 Å². The summed E-state index contributed by atoms with van der Waals surface area (Å²) >= 11 is 0. The zero-order valence-corrected chi connectivity index (χ0v) is 10.9. The quantitative estimate of drug-likeness (QED) is 0.802. The highest BCUT2D eigenvalue weighted by Crippen LogP contribution is 2.08. The molecule has 0 saturated heterocycles. The van der Waals surface area contributed by atoms with Crippen molar-refractivity contribution < 1.29 is 19.1 Å². The van der Waals surface area contributed by atoms with Crippen molar-refractivity contribution in [2.75, 3.05) is 13.6 Å². The normalized spacial score (nSPS) is 11.9. The third-order valence-corrected chi connectivity index (χ3v) is 2.72. The number of aliphatic carboxylic acids is 1. The van der Waals surface area contributed by atoms with Crippen LogP contribution in [-0.2, 0) is 16.1 Å². The van der Waals surface area contributed by atoms with Crippen LogP contribution in [0.25, 0.3) is 0 Å². The molecule has 104 valence electrons. The van der Waals surface area contributed by atoms with Gasteiger partial charge in [-0.2, -0.15) is 0 Å². The van der Waals surface area contributed by atoms with Crippen LogP contribution in [0.3, 0.4) is 0 Å². The third kappa shape index (κ3) is 4.67. The fourth-order valence-corrected chi connectivity index (χ4v) is 1.43. The van der Waals surface area contributed by atoms with Gasteiger partial charge in [-0.25, -0.2) is 4.39 Å². The van der Waals surface area contributed by atoms with Crippen LogP contribution in [0.2, 0.25) is 0 Å². The molecule has 0 unspecified atom stereocenters. The lowest BCUT2D eigenvalue weighted by Crippen LogP contribution is -2.41. The number of carboxylic acids is 1. The highest BCUT2D eigenvalue weighted by atomic mass is 19.1. The Morgan fingerprint density at radius 1 is 1.42 bits per heavy atom. The first kappa shape index (κ1) is 15.1. The standard InChI is InChI=1S/C13H17FN2O3/c1-9(13(18)19)15-7-12(17)16(2)8-10-5-3-4-6-11(10)14/h3-6,9,15H,7-8H2,1-2H3,(H,18,19)/t9-/m0/s1. The third-order valence-electron chi connectivity index (χ3n) is 2.72. The molecule has 0 aromatic heterocycles. The molecular formula is C13H17FN2O3. The van der Waals surface area contributed by atoms with E-state index < -0.39 is 12.0 Å². The second kappa shape index (κ2) is 6.84. The summed E-state index contributed by atoms with van der Waals surface area (Å²) in [5.41, 5.74) is 0.421. The summed E-state index contributed by atoms with van der Waals surface area (Å²) in [7, 11) is 1.54. The lowest BCUT2D eigenvalue weighted by molar-refractivity contribution is -0.139. The van der Waals surface area contributed by atoms with Gasteiger partial charge in [0.2, 0.25) is 5.91 Å². The Morgan fingerprint density at radius 2 is 2.05 bits per heavy atom. The van der Waals surface area contributed by atoms with Crippen molar-refractivity contribution in [1.29, 1.82) is 0 Å². The fourth-order valence-electron chi connectivity index (χ4n) is 1.43. The van der Waals surface area contributed by atoms with Crippen LogP contribution >= 0.6 is 0 Å². The van der Waals surface area contributed by atoms with E-state index in [2.05, 4.69) is 5.32 Å². The van der Waals surface area contributed by atoms with Gasteiger partial charge in [-0.3, -0.25) is 14.9 Å². The smallest absolute Gasteiger partial charge is 0.320 e. The van der Waals surface area contributed by atoms with E-state index in [1.54, 1.807) is 25.2 Å². The average molecular weight is 268 g/mol. The molecule has 1 rings (SSSR count). The first-order valence-electron chi connectivity index (χ1n) is 5.85. The largest absolute Gasteiger partial charge is 0.480 e. The molecule has 0 fully saturated rings. The number of nitrogens with one attached hydrogen (secondary N) is 1. The van der Waals surface area contributed by atoms with Crippen molar-refractivity contribution in [2.45, 2.75) is 19.5 Å². The minimum atomic E-state index is -1.02. The maximum atomic E-state index is 13.4. The van der Waals surface area contributed by atoms with Crippen LogP contribution in [0, 0.1) is 5.82 Å². The minimum Gasteiger partial charge on any atom is -0.480 e. The summed E-state index contributed by atoms with van der Waals surface area (Å²) in [6, 6.07) is 5.41. The molecule has 2 N–H and O–H groups in total. The average Bonchev–Trinajstić information content (AvgIpc) is 2.37. The monoisotopic (exact) mass is 268 g/mol. The Labute approximate surface area is 111 Å². The van der Waals surface area contributed by atoms with Crippen molar-refractivity contribution in [2.24, 2.45) is 0 Å². The van der Waals surface area contributed by atoms with Crippen LogP contribution in [0.5, 0.6) is 0 Å². The summed E-state index contributed by atoms with van der Waals surface area (Å²) in [4.78, 5) is 23.7. The van der Waals surface area contributed by atoms with Crippen molar-refractivity contribution in [3.05, 3.63) is 35.6 Å². The molecule has 5 nitrogen and oxygen atoms in total. The highest BCUT2D eigenvalue weighted by Gasteiger charge is 2.15. The number of carboxylic acid groups (broad SMARTS) is 1. The maximum absolute atomic E-state index is 13.4. The second-order valence-electron chi connectivity index (χ2n) is 4.28. The van der Waals surface area contributed by atoms with E-state index in [4.69, 9.17) is 5.11 Å². The Kier molecular flexibility index (Phi) is 5.44. The number of hydrogen-bond donors (Lipinski definition) is 2. The van der Waals surface area contributed by atoms with Crippen LogP contribution in [-0.4, -0.2) is 41.5 Å². The molecule has 0 aliphatic carbocycles. The van der Waals surface area contributed by atoms with Crippen LogP contribution in [0.15, 0.2) is 24.3 Å². The predicted molar refractivity (Wildman–Crippen MR) is 68.0 cm³/mol. The number of likely N-dealkylation sites (N-methyl/N-ethyl adjacent to an activating group) is 1. The van der Waals surface area contributed by atoms with Gasteiger partial charge < -0.3 is 10.0 Å². The number of nitrogens with zero attached hydrogens (tertiary/aromatic N) is 1. The number of hydrogen-bond acceptors (Lipinski definition) is 3. The van der Waals surface area contributed by atoms with Crippen molar-refractivity contribution in [3.8, 4) is 0 Å². The summed E-state index contributed by atoms with van der Waals surface area (Å²) in [6.07, 6.45) is 0.